The summed E-state index contributed by atoms with van der Waals surface area (Å²) in [5, 5.41) is 60.4. The number of carbonyl (C=O) groups excluding carboxylic acids is 1. The summed E-state index contributed by atoms with van der Waals surface area (Å²) < 4.78 is 22.3. The second-order valence-corrected chi connectivity index (χ2v) is 9.58. The molecule has 2 heterocycles. The van der Waals surface area contributed by atoms with E-state index in [1.165, 1.54) is 25.1 Å². The lowest BCUT2D eigenvalue weighted by molar-refractivity contribution is -0.346. The normalized spacial score (nSPS) is 37.5. The van der Waals surface area contributed by atoms with Crippen molar-refractivity contribution in [1.29, 1.82) is 0 Å². The van der Waals surface area contributed by atoms with E-state index < -0.39 is 73.0 Å². The standard InChI is InChI=1S/C25H30O12/c1-25(33)9-8-14-15(22(31)32)11-34-23(18(14)25)37-24-21(20(30)19(29)16(10-26)35-24)36-17(28)7-4-12-2-5-13(27)6-3-12/h2-7,11,14,16,18-21,23-24,26-27,29-30,33H,8-10H2,1H3,(H,31,32)/b7-4+/t14-,16-,18-,19+,20+,21-,23+,24+,25-/m1/s1. The molecule has 6 N–H and O–H groups in total. The fraction of sp³-hybridized carbons (Fsp3) is 0.520. The summed E-state index contributed by atoms with van der Waals surface area (Å²) in [6.45, 7) is 0.850. The van der Waals surface area contributed by atoms with Crippen LogP contribution in [0.3, 0.4) is 0 Å². The third kappa shape index (κ3) is 5.64. The number of esters is 1. The summed E-state index contributed by atoms with van der Waals surface area (Å²) in [5.41, 5.74) is -0.792. The Morgan fingerprint density at radius 2 is 1.86 bits per heavy atom. The Balaban J connectivity index is 1.55. The topological polar surface area (TPSA) is 192 Å². The summed E-state index contributed by atoms with van der Waals surface area (Å²) in [6.07, 6.45) is -4.80. The Bertz CT molecular complexity index is 1050. The first-order valence-corrected chi connectivity index (χ1v) is 11.8. The van der Waals surface area contributed by atoms with Crippen molar-refractivity contribution in [2.24, 2.45) is 11.8 Å². The van der Waals surface area contributed by atoms with E-state index in [1.807, 2.05) is 0 Å². The molecule has 12 heteroatoms. The number of hydrogen-bond donors (Lipinski definition) is 6. The van der Waals surface area contributed by atoms with Gasteiger partial charge < -0.3 is 49.6 Å². The van der Waals surface area contributed by atoms with Crippen molar-refractivity contribution in [2.75, 3.05) is 6.61 Å². The van der Waals surface area contributed by atoms with E-state index in [2.05, 4.69) is 0 Å². The number of fused-ring (bicyclic) bond motifs is 1. The minimum absolute atomic E-state index is 0.0155. The van der Waals surface area contributed by atoms with Gasteiger partial charge in [0.1, 0.15) is 24.1 Å². The van der Waals surface area contributed by atoms with Crippen molar-refractivity contribution in [3.05, 3.63) is 47.7 Å². The molecular formula is C25H30O12. The molecule has 1 aliphatic carbocycles. The van der Waals surface area contributed by atoms with Crippen LogP contribution in [0.25, 0.3) is 6.08 Å². The Morgan fingerprint density at radius 3 is 2.51 bits per heavy atom. The number of aliphatic hydroxyl groups excluding tert-OH is 3. The Kier molecular flexibility index (Phi) is 7.88. The summed E-state index contributed by atoms with van der Waals surface area (Å²) in [5.74, 6) is -3.46. The lowest BCUT2D eigenvalue weighted by atomic mass is 9.81. The molecule has 37 heavy (non-hydrogen) atoms. The van der Waals surface area contributed by atoms with Crippen molar-refractivity contribution >= 4 is 18.0 Å². The van der Waals surface area contributed by atoms with Crippen molar-refractivity contribution in [2.45, 2.75) is 62.4 Å². The maximum atomic E-state index is 12.5. The van der Waals surface area contributed by atoms with E-state index >= 15 is 0 Å². The smallest absolute Gasteiger partial charge is 0.334 e. The van der Waals surface area contributed by atoms with Crippen LogP contribution >= 0.6 is 0 Å². The number of hydrogen-bond acceptors (Lipinski definition) is 11. The third-order valence-electron chi connectivity index (χ3n) is 7.03. The zero-order chi connectivity index (χ0) is 26.9. The van der Waals surface area contributed by atoms with Crippen LogP contribution in [0, 0.1) is 11.8 Å². The van der Waals surface area contributed by atoms with Gasteiger partial charge in [0.25, 0.3) is 0 Å². The molecule has 9 atom stereocenters. The average molecular weight is 523 g/mol. The van der Waals surface area contributed by atoms with Gasteiger partial charge in [-0.3, -0.25) is 0 Å². The van der Waals surface area contributed by atoms with E-state index in [0.29, 0.717) is 12.0 Å². The Labute approximate surface area is 212 Å². The quantitative estimate of drug-likeness (QED) is 0.206. The first kappa shape index (κ1) is 27.0. The Hall–Kier alpha value is -3.00. The highest BCUT2D eigenvalue weighted by atomic mass is 16.8. The number of phenols is 1. The van der Waals surface area contributed by atoms with E-state index in [0.717, 1.165) is 12.3 Å². The van der Waals surface area contributed by atoms with Gasteiger partial charge in [-0.05, 0) is 43.5 Å². The van der Waals surface area contributed by atoms with Crippen molar-refractivity contribution in [3.8, 4) is 5.75 Å². The second-order valence-electron chi connectivity index (χ2n) is 9.58. The molecule has 0 bridgehead atoms. The van der Waals surface area contributed by atoms with Crippen molar-refractivity contribution in [1.82, 2.24) is 0 Å². The zero-order valence-corrected chi connectivity index (χ0v) is 19.9. The van der Waals surface area contributed by atoms with E-state index in [1.54, 1.807) is 12.1 Å². The second kappa shape index (κ2) is 10.8. The van der Waals surface area contributed by atoms with Crippen LogP contribution in [-0.2, 0) is 28.5 Å². The molecule has 2 fully saturated rings. The number of rotatable bonds is 7. The summed E-state index contributed by atoms with van der Waals surface area (Å²) in [7, 11) is 0. The van der Waals surface area contributed by atoms with Gasteiger partial charge in [0, 0.05) is 12.0 Å². The fourth-order valence-corrected chi connectivity index (χ4v) is 5.04. The molecule has 0 aromatic heterocycles. The minimum Gasteiger partial charge on any atom is -0.508 e. The molecular weight excluding hydrogens is 492 g/mol. The number of aliphatic carboxylic acids is 1. The minimum atomic E-state index is -1.71. The van der Waals surface area contributed by atoms with Crippen LogP contribution in [0.5, 0.6) is 5.75 Å². The molecule has 2 aliphatic heterocycles. The van der Waals surface area contributed by atoms with Crippen molar-refractivity contribution < 1.29 is 59.2 Å². The first-order chi connectivity index (χ1) is 17.5. The average Bonchev–Trinajstić information content (AvgIpc) is 3.18. The van der Waals surface area contributed by atoms with Gasteiger partial charge >= 0.3 is 11.9 Å². The fourth-order valence-electron chi connectivity index (χ4n) is 5.04. The molecule has 12 nitrogen and oxygen atoms in total. The molecule has 4 rings (SSSR count). The Morgan fingerprint density at radius 1 is 1.16 bits per heavy atom. The molecule has 0 spiro atoms. The highest BCUT2D eigenvalue weighted by Crippen LogP contribution is 2.49. The van der Waals surface area contributed by atoms with Crippen LogP contribution in [0.4, 0.5) is 0 Å². The van der Waals surface area contributed by atoms with Crippen LogP contribution in [0.15, 0.2) is 42.2 Å². The highest BCUT2D eigenvalue weighted by Gasteiger charge is 2.56. The monoisotopic (exact) mass is 522 g/mol. The third-order valence-corrected chi connectivity index (χ3v) is 7.03. The van der Waals surface area contributed by atoms with E-state index in [9.17, 15) is 40.2 Å². The van der Waals surface area contributed by atoms with Crippen LogP contribution in [0.2, 0.25) is 0 Å². The predicted molar refractivity (Wildman–Crippen MR) is 123 cm³/mol. The largest absolute Gasteiger partial charge is 0.508 e. The first-order valence-electron chi connectivity index (χ1n) is 11.8. The maximum absolute atomic E-state index is 12.5. The molecule has 3 aliphatic rings. The molecule has 202 valence electrons. The summed E-state index contributed by atoms with van der Waals surface area (Å²) in [6, 6.07) is 5.97. The number of carboxylic acids is 1. The number of carboxylic acid groups (broad SMARTS) is 1. The predicted octanol–water partition coefficient (Wildman–Crippen LogP) is -0.125. The number of carbonyl (C=O) groups is 2. The number of ether oxygens (including phenoxy) is 4. The lowest BCUT2D eigenvalue weighted by Gasteiger charge is -2.44. The van der Waals surface area contributed by atoms with Gasteiger partial charge in [0.2, 0.25) is 12.6 Å². The highest BCUT2D eigenvalue weighted by molar-refractivity contribution is 5.87. The van der Waals surface area contributed by atoms with Crippen LogP contribution in [0.1, 0.15) is 25.3 Å². The summed E-state index contributed by atoms with van der Waals surface area (Å²) >= 11 is 0. The number of aliphatic hydroxyl groups is 4. The van der Waals surface area contributed by atoms with Gasteiger partial charge in [-0.15, -0.1) is 0 Å². The number of phenolic OH excluding ortho intramolecular Hbond substituents is 1. The SMILES string of the molecule is C[C@@]1(O)CC[C@@H]2C(C(=O)O)=CO[C@@H](O[C@@H]3O[C@H](CO)[C@H](O)[C@H](O)[C@H]3OC(=O)/C=C/c3ccc(O)cc3)[C@@H]21. The zero-order valence-electron chi connectivity index (χ0n) is 19.9. The van der Waals surface area contributed by atoms with Gasteiger partial charge in [-0.25, -0.2) is 9.59 Å². The van der Waals surface area contributed by atoms with Gasteiger partial charge in [-0.1, -0.05) is 12.1 Å². The van der Waals surface area contributed by atoms with E-state index in [4.69, 9.17) is 18.9 Å². The number of aromatic hydroxyl groups is 1. The van der Waals surface area contributed by atoms with Crippen molar-refractivity contribution in [3.63, 3.8) is 0 Å². The molecule has 0 unspecified atom stereocenters. The van der Waals surface area contributed by atoms with E-state index in [-0.39, 0.29) is 17.7 Å². The molecule has 0 radical (unpaired) electrons. The van der Waals surface area contributed by atoms with Crippen LogP contribution in [-0.4, -0.2) is 91.8 Å². The lowest BCUT2D eigenvalue weighted by Crippen LogP contribution is -2.61. The molecule has 0 amide bonds. The van der Waals surface area contributed by atoms with Gasteiger partial charge in [0.15, 0.2) is 6.10 Å². The number of benzene rings is 1. The van der Waals surface area contributed by atoms with Crippen LogP contribution < -0.4 is 0 Å². The molecule has 1 saturated heterocycles. The molecule has 1 aromatic rings. The summed E-state index contributed by atoms with van der Waals surface area (Å²) in [4.78, 5) is 24.2. The molecule has 1 saturated carbocycles. The molecule has 1 aromatic carbocycles. The maximum Gasteiger partial charge on any atom is 0.334 e. The van der Waals surface area contributed by atoms with Gasteiger partial charge in [0.05, 0.1) is 30.0 Å². The van der Waals surface area contributed by atoms with Gasteiger partial charge in [-0.2, -0.15) is 0 Å².